The van der Waals surface area contributed by atoms with E-state index in [-0.39, 0.29) is 0 Å². The fourth-order valence-corrected chi connectivity index (χ4v) is 2.97. The molecule has 0 spiro atoms. The molecule has 0 N–H and O–H groups in total. The molecule has 0 aliphatic rings. The fraction of sp³-hybridized carbons (Fsp3) is 0.455. The van der Waals surface area contributed by atoms with Gasteiger partial charge in [0.2, 0.25) is 0 Å². The number of aromatic nitrogens is 2. The van der Waals surface area contributed by atoms with E-state index in [1.165, 1.54) is 15.6 Å². The lowest BCUT2D eigenvalue weighted by atomic mass is 10.3. The molecule has 0 unspecified atom stereocenters. The third-order valence-electron chi connectivity index (χ3n) is 2.45. The van der Waals surface area contributed by atoms with Crippen LogP contribution in [0.2, 0.25) is 0 Å². The van der Waals surface area contributed by atoms with Gasteiger partial charge in [-0.15, -0.1) is 22.7 Å². The van der Waals surface area contributed by atoms with Gasteiger partial charge in [-0.1, -0.05) is 0 Å². The lowest BCUT2D eigenvalue weighted by Gasteiger charge is -2.14. The van der Waals surface area contributed by atoms with Crippen molar-refractivity contribution in [3.8, 4) is 0 Å². The van der Waals surface area contributed by atoms with Crippen molar-refractivity contribution < 1.29 is 0 Å². The molecule has 0 aliphatic heterocycles. The van der Waals surface area contributed by atoms with E-state index in [4.69, 9.17) is 0 Å². The van der Waals surface area contributed by atoms with Crippen LogP contribution in [0.3, 0.4) is 0 Å². The molecule has 0 radical (unpaired) electrons. The van der Waals surface area contributed by atoms with Crippen LogP contribution in [0.1, 0.15) is 15.6 Å². The minimum atomic E-state index is 0.940. The largest absolute Gasteiger partial charge is 0.299 e. The minimum absolute atomic E-state index is 0.940. The number of rotatable bonds is 5. The van der Waals surface area contributed by atoms with Gasteiger partial charge in [-0.05, 0) is 20.4 Å². The summed E-state index contributed by atoms with van der Waals surface area (Å²) in [4.78, 5) is 12.2. The summed E-state index contributed by atoms with van der Waals surface area (Å²) in [6, 6.07) is 0. The summed E-state index contributed by atoms with van der Waals surface area (Å²) in [5, 5.41) is 3.21. The first kappa shape index (κ1) is 11.7. The predicted octanol–water partition coefficient (Wildman–Crippen LogP) is 2.58. The molecule has 2 heterocycles. The Hall–Kier alpha value is -0.780. The maximum absolute atomic E-state index is 4.29. The molecule has 16 heavy (non-hydrogen) atoms. The molecular formula is C11H15N3S2. The van der Waals surface area contributed by atoms with Gasteiger partial charge in [0.05, 0.1) is 17.7 Å². The van der Waals surface area contributed by atoms with Crippen LogP contribution in [-0.2, 0) is 13.0 Å². The van der Waals surface area contributed by atoms with Crippen molar-refractivity contribution in [1.82, 2.24) is 14.9 Å². The van der Waals surface area contributed by atoms with E-state index in [0.717, 1.165) is 19.5 Å². The zero-order chi connectivity index (χ0) is 11.4. The smallest absolute Gasteiger partial charge is 0.107 e. The molecule has 0 aliphatic carbocycles. The molecule has 2 rings (SSSR count). The first-order valence-corrected chi connectivity index (χ1v) is 6.97. The molecular weight excluding hydrogens is 238 g/mol. The highest BCUT2D eigenvalue weighted by molar-refractivity contribution is 7.09. The zero-order valence-corrected chi connectivity index (χ0v) is 11.1. The number of thiazole rings is 2. The highest BCUT2D eigenvalue weighted by atomic mass is 32.1. The van der Waals surface area contributed by atoms with Crippen LogP contribution in [0.5, 0.6) is 0 Å². The minimum Gasteiger partial charge on any atom is -0.299 e. The topological polar surface area (TPSA) is 29.0 Å². The van der Waals surface area contributed by atoms with Gasteiger partial charge in [0.25, 0.3) is 0 Å². The van der Waals surface area contributed by atoms with Gasteiger partial charge in [-0.25, -0.2) is 9.97 Å². The predicted molar refractivity (Wildman–Crippen MR) is 69.0 cm³/mol. The SMILES string of the molecule is Cc1ncsc1CCN(C)Cc1nccs1. The average Bonchev–Trinajstić information content (AvgIpc) is 2.87. The Morgan fingerprint density at radius 3 is 2.81 bits per heavy atom. The highest BCUT2D eigenvalue weighted by Gasteiger charge is 2.05. The van der Waals surface area contributed by atoms with Gasteiger partial charge in [-0.3, -0.25) is 4.90 Å². The van der Waals surface area contributed by atoms with Crippen LogP contribution in [0.4, 0.5) is 0 Å². The maximum Gasteiger partial charge on any atom is 0.107 e. The van der Waals surface area contributed by atoms with Crippen molar-refractivity contribution in [2.45, 2.75) is 19.9 Å². The summed E-state index contributed by atoms with van der Waals surface area (Å²) in [6.07, 6.45) is 2.94. The molecule has 0 amide bonds. The number of likely N-dealkylation sites (N-methyl/N-ethyl adjacent to an activating group) is 1. The Labute approximate surface area is 104 Å². The van der Waals surface area contributed by atoms with Crippen LogP contribution in [0.25, 0.3) is 0 Å². The Morgan fingerprint density at radius 1 is 1.31 bits per heavy atom. The molecule has 2 aromatic heterocycles. The lowest BCUT2D eigenvalue weighted by molar-refractivity contribution is 0.331. The molecule has 0 saturated carbocycles. The molecule has 86 valence electrons. The summed E-state index contributed by atoms with van der Waals surface area (Å²) in [5.41, 5.74) is 3.10. The average molecular weight is 253 g/mol. The third-order valence-corrected chi connectivity index (χ3v) is 4.21. The first-order valence-electron chi connectivity index (χ1n) is 5.21. The first-order chi connectivity index (χ1) is 7.75. The van der Waals surface area contributed by atoms with Crippen LogP contribution in [-0.4, -0.2) is 28.5 Å². The molecule has 0 saturated heterocycles. The Kier molecular flexibility index (Phi) is 4.04. The lowest BCUT2D eigenvalue weighted by Crippen LogP contribution is -2.20. The fourth-order valence-electron chi connectivity index (χ4n) is 1.50. The summed E-state index contributed by atoms with van der Waals surface area (Å²) in [5.74, 6) is 0. The van der Waals surface area contributed by atoms with Gasteiger partial charge in [-0.2, -0.15) is 0 Å². The molecule has 0 aromatic carbocycles. The van der Waals surface area contributed by atoms with Gasteiger partial charge >= 0.3 is 0 Å². The van der Waals surface area contributed by atoms with Gasteiger partial charge in [0.15, 0.2) is 0 Å². The molecule has 3 nitrogen and oxygen atoms in total. The second kappa shape index (κ2) is 5.52. The van der Waals surface area contributed by atoms with Crippen LogP contribution < -0.4 is 0 Å². The van der Waals surface area contributed by atoms with E-state index in [1.54, 1.807) is 22.7 Å². The Bertz CT molecular complexity index is 422. The second-order valence-electron chi connectivity index (χ2n) is 3.77. The Morgan fingerprint density at radius 2 is 2.19 bits per heavy atom. The van der Waals surface area contributed by atoms with Crippen molar-refractivity contribution in [2.24, 2.45) is 0 Å². The molecule has 5 heteroatoms. The normalized spacial score (nSPS) is 11.2. The van der Waals surface area contributed by atoms with Crippen LogP contribution in [0, 0.1) is 6.92 Å². The summed E-state index contributed by atoms with van der Waals surface area (Å²) < 4.78 is 0. The quantitative estimate of drug-likeness (QED) is 0.820. The zero-order valence-electron chi connectivity index (χ0n) is 9.51. The van der Waals surface area contributed by atoms with Crippen molar-refractivity contribution in [1.29, 1.82) is 0 Å². The van der Waals surface area contributed by atoms with Crippen molar-refractivity contribution in [2.75, 3.05) is 13.6 Å². The monoisotopic (exact) mass is 253 g/mol. The summed E-state index contributed by atoms with van der Waals surface area (Å²) >= 11 is 3.46. The Balaban J connectivity index is 1.80. The van der Waals surface area contributed by atoms with Crippen molar-refractivity contribution in [3.05, 3.63) is 32.7 Å². The van der Waals surface area contributed by atoms with E-state index < -0.39 is 0 Å². The number of aryl methyl sites for hydroxylation is 1. The standard InChI is InChI=1S/C11H15N3S2/c1-9-10(16-8-13-9)3-5-14(2)7-11-12-4-6-15-11/h4,6,8H,3,5,7H2,1-2H3. The second-order valence-corrected chi connectivity index (χ2v) is 5.69. The maximum atomic E-state index is 4.29. The van der Waals surface area contributed by atoms with Gasteiger partial charge in [0, 0.05) is 23.0 Å². The highest BCUT2D eigenvalue weighted by Crippen LogP contribution is 2.14. The van der Waals surface area contributed by atoms with Gasteiger partial charge < -0.3 is 0 Å². The third kappa shape index (κ3) is 3.10. The van der Waals surface area contributed by atoms with E-state index in [9.17, 15) is 0 Å². The molecule has 0 fully saturated rings. The van der Waals surface area contributed by atoms with Crippen molar-refractivity contribution >= 4 is 22.7 Å². The van der Waals surface area contributed by atoms with E-state index in [2.05, 4.69) is 28.8 Å². The molecule has 0 bridgehead atoms. The summed E-state index contributed by atoms with van der Waals surface area (Å²) in [7, 11) is 2.14. The van der Waals surface area contributed by atoms with E-state index >= 15 is 0 Å². The van der Waals surface area contributed by atoms with Gasteiger partial charge in [0.1, 0.15) is 5.01 Å². The van der Waals surface area contributed by atoms with E-state index in [1.807, 2.05) is 17.1 Å². The molecule has 2 aromatic rings. The van der Waals surface area contributed by atoms with Crippen molar-refractivity contribution in [3.63, 3.8) is 0 Å². The number of hydrogen-bond acceptors (Lipinski definition) is 5. The van der Waals surface area contributed by atoms with Crippen LogP contribution >= 0.6 is 22.7 Å². The van der Waals surface area contributed by atoms with Crippen LogP contribution in [0.15, 0.2) is 17.1 Å². The number of hydrogen-bond donors (Lipinski definition) is 0. The molecule has 0 atom stereocenters. The van der Waals surface area contributed by atoms with E-state index in [0.29, 0.717) is 0 Å². The summed E-state index contributed by atoms with van der Waals surface area (Å²) in [6.45, 7) is 4.07. The number of nitrogens with zero attached hydrogens (tertiary/aromatic N) is 3.